The fourth-order valence-corrected chi connectivity index (χ4v) is 1.77. The standard InChI is InChI=1S/C14H12FNO3/c15-12-3-1-2-10(8-12)6-7-16-9-11(14(18)19)4-5-13(16)17/h1-5,8-9H,6-7H2,(H,18,19). The van der Waals surface area contributed by atoms with Gasteiger partial charge in [-0.2, -0.15) is 0 Å². The van der Waals surface area contributed by atoms with Gasteiger partial charge in [-0.25, -0.2) is 9.18 Å². The van der Waals surface area contributed by atoms with Crippen LogP contribution in [-0.2, 0) is 13.0 Å². The van der Waals surface area contributed by atoms with Crippen molar-refractivity contribution in [3.8, 4) is 0 Å². The first-order chi connectivity index (χ1) is 9.06. The monoisotopic (exact) mass is 261 g/mol. The minimum absolute atomic E-state index is 0.0545. The third-order valence-corrected chi connectivity index (χ3v) is 2.76. The maximum Gasteiger partial charge on any atom is 0.337 e. The molecule has 1 aromatic carbocycles. The van der Waals surface area contributed by atoms with Crippen molar-refractivity contribution in [3.05, 3.63) is 69.9 Å². The molecule has 0 amide bonds. The van der Waals surface area contributed by atoms with Crippen LogP contribution < -0.4 is 5.56 Å². The predicted molar refractivity (Wildman–Crippen MR) is 67.8 cm³/mol. The molecule has 0 saturated carbocycles. The van der Waals surface area contributed by atoms with Gasteiger partial charge in [-0.05, 0) is 30.2 Å². The summed E-state index contributed by atoms with van der Waals surface area (Å²) < 4.78 is 14.3. The van der Waals surface area contributed by atoms with Crippen molar-refractivity contribution in [3.63, 3.8) is 0 Å². The molecule has 0 aliphatic heterocycles. The zero-order chi connectivity index (χ0) is 13.8. The van der Waals surface area contributed by atoms with E-state index in [9.17, 15) is 14.0 Å². The number of nitrogens with zero attached hydrogens (tertiary/aromatic N) is 1. The first-order valence-corrected chi connectivity index (χ1v) is 5.74. The fourth-order valence-electron chi connectivity index (χ4n) is 1.77. The van der Waals surface area contributed by atoms with E-state index in [0.717, 1.165) is 5.56 Å². The number of hydrogen-bond donors (Lipinski definition) is 1. The normalized spacial score (nSPS) is 10.4. The lowest BCUT2D eigenvalue weighted by Gasteiger charge is -2.06. The number of carboxylic acid groups (broad SMARTS) is 1. The number of aromatic nitrogens is 1. The lowest BCUT2D eigenvalue weighted by Crippen LogP contribution is -2.21. The number of carboxylic acids is 1. The Bertz CT molecular complexity index is 664. The van der Waals surface area contributed by atoms with Crippen LogP contribution in [0.3, 0.4) is 0 Å². The summed E-state index contributed by atoms with van der Waals surface area (Å²) in [5, 5.41) is 8.86. The smallest absolute Gasteiger partial charge is 0.337 e. The van der Waals surface area contributed by atoms with E-state index in [1.165, 1.54) is 35.0 Å². The minimum atomic E-state index is -1.08. The molecule has 4 nitrogen and oxygen atoms in total. The summed E-state index contributed by atoms with van der Waals surface area (Å²) in [5.74, 6) is -1.41. The Labute approximate surface area is 108 Å². The van der Waals surface area contributed by atoms with Crippen molar-refractivity contribution in [2.45, 2.75) is 13.0 Å². The molecular weight excluding hydrogens is 249 g/mol. The Kier molecular flexibility index (Phi) is 3.75. The molecule has 0 saturated heterocycles. The van der Waals surface area contributed by atoms with E-state index in [2.05, 4.69) is 0 Å². The van der Waals surface area contributed by atoms with Crippen LogP contribution in [0.15, 0.2) is 47.4 Å². The molecule has 0 fully saturated rings. The van der Waals surface area contributed by atoms with Crippen molar-refractivity contribution in [1.29, 1.82) is 0 Å². The number of rotatable bonds is 4. The van der Waals surface area contributed by atoms with E-state index in [1.807, 2.05) is 0 Å². The van der Waals surface area contributed by atoms with Crippen molar-refractivity contribution in [2.24, 2.45) is 0 Å². The Balaban J connectivity index is 2.17. The van der Waals surface area contributed by atoms with Crippen LogP contribution in [0.5, 0.6) is 0 Å². The molecule has 0 spiro atoms. The van der Waals surface area contributed by atoms with E-state index >= 15 is 0 Å². The lowest BCUT2D eigenvalue weighted by molar-refractivity contribution is 0.0696. The van der Waals surface area contributed by atoms with Gasteiger partial charge in [0.25, 0.3) is 5.56 Å². The van der Waals surface area contributed by atoms with Gasteiger partial charge in [-0.15, -0.1) is 0 Å². The Morgan fingerprint density at radius 3 is 2.74 bits per heavy atom. The van der Waals surface area contributed by atoms with Crippen LogP contribution in [0.2, 0.25) is 0 Å². The highest BCUT2D eigenvalue weighted by Gasteiger charge is 2.05. The minimum Gasteiger partial charge on any atom is -0.478 e. The molecule has 5 heteroatoms. The molecule has 98 valence electrons. The molecule has 1 N–H and O–H groups in total. The molecule has 1 aromatic heterocycles. The topological polar surface area (TPSA) is 59.3 Å². The largest absolute Gasteiger partial charge is 0.478 e. The van der Waals surface area contributed by atoms with Crippen LogP contribution >= 0.6 is 0 Å². The summed E-state index contributed by atoms with van der Waals surface area (Å²) in [5.41, 5.74) is 0.535. The summed E-state index contributed by atoms with van der Waals surface area (Å²) >= 11 is 0. The summed E-state index contributed by atoms with van der Waals surface area (Å²) in [4.78, 5) is 22.4. The number of carbonyl (C=O) groups is 1. The molecule has 2 aromatic rings. The molecule has 0 unspecified atom stereocenters. The van der Waals surface area contributed by atoms with Crippen LogP contribution in [0.4, 0.5) is 4.39 Å². The van der Waals surface area contributed by atoms with Crippen molar-refractivity contribution >= 4 is 5.97 Å². The predicted octanol–water partition coefficient (Wildman–Crippen LogP) is 1.93. The average Bonchev–Trinajstić information content (AvgIpc) is 2.37. The summed E-state index contributed by atoms with van der Waals surface area (Å²) in [6.45, 7) is 0.309. The molecule has 2 rings (SSSR count). The molecule has 0 radical (unpaired) electrons. The maximum absolute atomic E-state index is 13.0. The van der Waals surface area contributed by atoms with Crippen LogP contribution in [0.25, 0.3) is 0 Å². The van der Waals surface area contributed by atoms with Crippen LogP contribution in [0.1, 0.15) is 15.9 Å². The van der Waals surface area contributed by atoms with E-state index in [0.29, 0.717) is 13.0 Å². The molecule has 0 aliphatic rings. The number of halogens is 1. The summed E-state index contributed by atoms with van der Waals surface area (Å²) in [7, 11) is 0. The van der Waals surface area contributed by atoms with E-state index in [-0.39, 0.29) is 16.9 Å². The highest BCUT2D eigenvalue weighted by molar-refractivity contribution is 5.87. The third-order valence-electron chi connectivity index (χ3n) is 2.76. The maximum atomic E-state index is 13.0. The third kappa shape index (κ3) is 3.28. The second kappa shape index (κ2) is 5.48. The van der Waals surface area contributed by atoms with Gasteiger partial charge in [0.2, 0.25) is 0 Å². The molecular formula is C14H12FNO3. The fraction of sp³-hybridized carbons (Fsp3) is 0.143. The van der Waals surface area contributed by atoms with Gasteiger partial charge in [0.15, 0.2) is 0 Å². The van der Waals surface area contributed by atoms with Gasteiger partial charge >= 0.3 is 5.97 Å². The SMILES string of the molecule is O=C(O)c1ccc(=O)n(CCc2cccc(F)c2)c1. The van der Waals surface area contributed by atoms with E-state index in [1.54, 1.807) is 12.1 Å². The first kappa shape index (κ1) is 13.0. The number of hydrogen-bond acceptors (Lipinski definition) is 2. The number of pyridine rings is 1. The van der Waals surface area contributed by atoms with Gasteiger partial charge in [0, 0.05) is 18.8 Å². The lowest BCUT2D eigenvalue weighted by atomic mass is 10.1. The second-order valence-electron chi connectivity index (χ2n) is 4.13. The van der Waals surface area contributed by atoms with Crippen molar-refractivity contribution in [1.82, 2.24) is 4.57 Å². The quantitative estimate of drug-likeness (QED) is 0.914. The van der Waals surface area contributed by atoms with Gasteiger partial charge in [-0.3, -0.25) is 4.79 Å². The van der Waals surface area contributed by atoms with E-state index < -0.39 is 5.97 Å². The number of aromatic carboxylic acids is 1. The van der Waals surface area contributed by atoms with Gasteiger partial charge < -0.3 is 9.67 Å². The molecule has 19 heavy (non-hydrogen) atoms. The average molecular weight is 261 g/mol. The second-order valence-corrected chi connectivity index (χ2v) is 4.13. The highest BCUT2D eigenvalue weighted by atomic mass is 19.1. The zero-order valence-electron chi connectivity index (χ0n) is 10.0. The first-order valence-electron chi connectivity index (χ1n) is 5.74. The summed E-state index contributed by atoms with van der Waals surface area (Å²) in [6, 6.07) is 8.58. The Morgan fingerprint density at radius 1 is 1.26 bits per heavy atom. The van der Waals surface area contributed by atoms with Crippen LogP contribution in [0, 0.1) is 5.82 Å². The van der Waals surface area contributed by atoms with Gasteiger partial charge in [0.05, 0.1) is 5.56 Å². The number of benzene rings is 1. The zero-order valence-corrected chi connectivity index (χ0v) is 10.0. The van der Waals surface area contributed by atoms with Crippen molar-refractivity contribution in [2.75, 3.05) is 0 Å². The van der Waals surface area contributed by atoms with Gasteiger partial charge in [-0.1, -0.05) is 12.1 Å². The molecule has 0 aliphatic carbocycles. The van der Waals surface area contributed by atoms with Gasteiger partial charge in [0.1, 0.15) is 5.82 Å². The number of aryl methyl sites for hydroxylation is 2. The van der Waals surface area contributed by atoms with Crippen molar-refractivity contribution < 1.29 is 14.3 Å². The Morgan fingerprint density at radius 2 is 2.05 bits per heavy atom. The highest BCUT2D eigenvalue weighted by Crippen LogP contribution is 2.05. The van der Waals surface area contributed by atoms with E-state index in [4.69, 9.17) is 5.11 Å². The summed E-state index contributed by atoms with van der Waals surface area (Å²) in [6.07, 6.45) is 1.75. The molecule has 1 heterocycles. The Hall–Kier alpha value is -2.43. The molecule has 0 atom stereocenters. The van der Waals surface area contributed by atoms with Crippen LogP contribution in [-0.4, -0.2) is 15.6 Å². The molecule has 0 bridgehead atoms.